The van der Waals surface area contributed by atoms with Gasteiger partial charge < -0.3 is 15.1 Å². The molecule has 2 heterocycles. The second kappa shape index (κ2) is 8.26. The van der Waals surface area contributed by atoms with Crippen LogP contribution >= 0.6 is 0 Å². The Balaban J connectivity index is 1.37. The first kappa shape index (κ1) is 18.2. The van der Waals surface area contributed by atoms with Crippen molar-refractivity contribution in [3.05, 3.63) is 102 Å². The molecule has 29 heavy (non-hydrogen) atoms. The standard InChI is InChI=1S/C22H18N4O3/c27-21(19-11-12-26(25-19)18-8-2-1-3-9-18)23-15-16-6-4-7-17(14-16)24-22(28)20-10-5-13-29-20/h1-14H,15H2,(H,23,27)(H,24,28). The van der Waals surface area contributed by atoms with Crippen LogP contribution in [-0.4, -0.2) is 21.6 Å². The number of hydrogen-bond acceptors (Lipinski definition) is 4. The van der Waals surface area contributed by atoms with Crippen molar-refractivity contribution in [3.8, 4) is 5.69 Å². The van der Waals surface area contributed by atoms with Gasteiger partial charge in [-0.25, -0.2) is 4.68 Å². The number of furan rings is 1. The van der Waals surface area contributed by atoms with Crippen LogP contribution < -0.4 is 10.6 Å². The zero-order chi connectivity index (χ0) is 20.1. The highest BCUT2D eigenvalue weighted by atomic mass is 16.3. The highest BCUT2D eigenvalue weighted by Crippen LogP contribution is 2.13. The topological polar surface area (TPSA) is 89.2 Å². The normalized spacial score (nSPS) is 10.5. The summed E-state index contributed by atoms with van der Waals surface area (Å²) < 4.78 is 6.73. The van der Waals surface area contributed by atoms with Crippen molar-refractivity contribution in [2.24, 2.45) is 0 Å². The molecule has 0 saturated heterocycles. The highest BCUT2D eigenvalue weighted by Gasteiger charge is 2.11. The number of carbonyl (C=O) groups excluding carboxylic acids is 2. The van der Waals surface area contributed by atoms with Crippen molar-refractivity contribution < 1.29 is 14.0 Å². The summed E-state index contributed by atoms with van der Waals surface area (Å²) in [6.45, 7) is 0.307. The summed E-state index contributed by atoms with van der Waals surface area (Å²) in [7, 11) is 0. The SMILES string of the molecule is O=C(NCc1cccc(NC(=O)c2ccco2)c1)c1ccn(-c2ccccc2)n1. The number of aromatic nitrogens is 2. The van der Waals surface area contributed by atoms with Crippen LogP contribution in [-0.2, 0) is 6.54 Å². The largest absolute Gasteiger partial charge is 0.459 e. The number of para-hydroxylation sites is 1. The molecule has 0 spiro atoms. The van der Waals surface area contributed by atoms with Crippen molar-refractivity contribution in [2.45, 2.75) is 6.54 Å². The quantitative estimate of drug-likeness (QED) is 0.529. The number of nitrogens with zero attached hydrogens (tertiary/aromatic N) is 2. The first-order valence-corrected chi connectivity index (χ1v) is 9.02. The minimum absolute atomic E-state index is 0.234. The summed E-state index contributed by atoms with van der Waals surface area (Å²) in [5.41, 5.74) is 2.67. The molecule has 4 rings (SSSR count). The number of benzene rings is 2. The second-order valence-electron chi connectivity index (χ2n) is 6.30. The maximum atomic E-state index is 12.4. The Hall–Kier alpha value is -4.13. The van der Waals surface area contributed by atoms with Crippen LogP contribution in [0.5, 0.6) is 0 Å². The van der Waals surface area contributed by atoms with Crippen LogP contribution in [0.1, 0.15) is 26.6 Å². The highest BCUT2D eigenvalue weighted by molar-refractivity contribution is 6.02. The molecule has 2 amide bonds. The predicted molar refractivity (Wildman–Crippen MR) is 108 cm³/mol. The van der Waals surface area contributed by atoms with Gasteiger partial charge in [-0.2, -0.15) is 5.10 Å². The van der Waals surface area contributed by atoms with E-state index in [0.717, 1.165) is 11.3 Å². The van der Waals surface area contributed by atoms with Gasteiger partial charge in [0.25, 0.3) is 11.8 Å². The molecular weight excluding hydrogens is 368 g/mol. The van der Waals surface area contributed by atoms with E-state index in [2.05, 4.69) is 15.7 Å². The number of nitrogens with one attached hydrogen (secondary N) is 2. The van der Waals surface area contributed by atoms with Crippen LogP contribution in [0.15, 0.2) is 89.7 Å². The fraction of sp³-hybridized carbons (Fsp3) is 0.0455. The van der Waals surface area contributed by atoms with Gasteiger partial charge in [-0.3, -0.25) is 9.59 Å². The average Bonchev–Trinajstić information content (AvgIpc) is 3.45. The van der Waals surface area contributed by atoms with E-state index in [-0.39, 0.29) is 17.6 Å². The van der Waals surface area contributed by atoms with Crippen molar-refractivity contribution in [1.82, 2.24) is 15.1 Å². The molecule has 0 fully saturated rings. The summed E-state index contributed by atoms with van der Waals surface area (Å²) in [4.78, 5) is 24.5. The van der Waals surface area contributed by atoms with E-state index in [9.17, 15) is 9.59 Å². The van der Waals surface area contributed by atoms with Gasteiger partial charge in [0.05, 0.1) is 12.0 Å². The molecule has 2 N–H and O–H groups in total. The minimum atomic E-state index is -0.331. The number of rotatable bonds is 6. The summed E-state index contributed by atoms with van der Waals surface area (Å²) in [6.07, 6.45) is 3.19. The Kier molecular flexibility index (Phi) is 5.20. The number of hydrogen-bond donors (Lipinski definition) is 2. The van der Waals surface area contributed by atoms with E-state index < -0.39 is 0 Å². The van der Waals surface area contributed by atoms with Crippen molar-refractivity contribution >= 4 is 17.5 Å². The Morgan fingerprint density at radius 2 is 1.79 bits per heavy atom. The van der Waals surface area contributed by atoms with Crippen molar-refractivity contribution in [3.63, 3.8) is 0 Å². The zero-order valence-electron chi connectivity index (χ0n) is 15.4. The maximum Gasteiger partial charge on any atom is 0.291 e. The molecule has 4 aromatic rings. The molecular formula is C22H18N4O3. The average molecular weight is 386 g/mol. The minimum Gasteiger partial charge on any atom is -0.459 e. The van der Waals surface area contributed by atoms with Crippen LogP contribution in [0.4, 0.5) is 5.69 Å². The molecule has 0 aliphatic rings. The molecule has 0 bridgehead atoms. The Morgan fingerprint density at radius 3 is 2.59 bits per heavy atom. The number of carbonyl (C=O) groups is 2. The second-order valence-corrected chi connectivity index (χ2v) is 6.30. The molecule has 0 unspecified atom stereocenters. The number of anilines is 1. The summed E-state index contributed by atoms with van der Waals surface area (Å²) in [6, 6.07) is 21.7. The van der Waals surface area contributed by atoms with Gasteiger partial charge in [0.15, 0.2) is 11.5 Å². The summed E-state index contributed by atoms with van der Waals surface area (Å²) >= 11 is 0. The van der Waals surface area contributed by atoms with Crippen LogP contribution in [0.3, 0.4) is 0 Å². The lowest BCUT2D eigenvalue weighted by Gasteiger charge is -2.07. The molecule has 144 valence electrons. The van der Waals surface area contributed by atoms with E-state index in [0.29, 0.717) is 17.9 Å². The van der Waals surface area contributed by atoms with E-state index >= 15 is 0 Å². The molecule has 2 aromatic heterocycles. The van der Waals surface area contributed by atoms with Crippen LogP contribution in [0, 0.1) is 0 Å². The lowest BCUT2D eigenvalue weighted by molar-refractivity contribution is 0.0944. The Bertz CT molecular complexity index is 1120. The van der Waals surface area contributed by atoms with Gasteiger partial charge in [0.2, 0.25) is 0 Å². The van der Waals surface area contributed by atoms with Gasteiger partial charge in [-0.1, -0.05) is 30.3 Å². The van der Waals surface area contributed by atoms with Crippen LogP contribution in [0.2, 0.25) is 0 Å². The zero-order valence-corrected chi connectivity index (χ0v) is 15.4. The monoisotopic (exact) mass is 386 g/mol. The van der Waals surface area contributed by atoms with Crippen molar-refractivity contribution in [1.29, 1.82) is 0 Å². The molecule has 0 saturated carbocycles. The van der Waals surface area contributed by atoms with Gasteiger partial charge in [-0.05, 0) is 48.0 Å². The lowest BCUT2D eigenvalue weighted by Crippen LogP contribution is -2.23. The number of amides is 2. The molecule has 2 aromatic carbocycles. The first-order chi connectivity index (χ1) is 14.2. The third-order valence-corrected chi connectivity index (χ3v) is 4.23. The Labute approximate surface area is 167 Å². The lowest BCUT2D eigenvalue weighted by atomic mass is 10.2. The predicted octanol–water partition coefficient (Wildman–Crippen LogP) is 3.65. The third kappa shape index (κ3) is 4.41. The third-order valence-electron chi connectivity index (χ3n) is 4.23. The van der Waals surface area contributed by atoms with E-state index in [1.807, 2.05) is 42.5 Å². The fourth-order valence-electron chi connectivity index (χ4n) is 2.80. The van der Waals surface area contributed by atoms with Gasteiger partial charge in [0, 0.05) is 18.4 Å². The van der Waals surface area contributed by atoms with Crippen LogP contribution in [0.25, 0.3) is 5.69 Å². The van der Waals surface area contributed by atoms with E-state index in [1.54, 1.807) is 41.2 Å². The molecule has 0 aliphatic carbocycles. The maximum absolute atomic E-state index is 12.4. The molecule has 0 aliphatic heterocycles. The van der Waals surface area contributed by atoms with Gasteiger partial charge >= 0.3 is 0 Å². The molecule has 0 atom stereocenters. The molecule has 7 nitrogen and oxygen atoms in total. The van der Waals surface area contributed by atoms with Gasteiger partial charge in [-0.15, -0.1) is 0 Å². The first-order valence-electron chi connectivity index (χ1n) is 9.02. The van der Waals surface area contributed by atoms with Crippen molar-refractivity contribution in [2.75, 3.05) is 5.32 Å². The smallest absolute Gasteiger partial charge is 0.291 e. The Morgan fingerprint density at radius 1 is 0.931 bits per heavy atom. The van der Waals surface area contributed by atoms with E-state index in [1.165, 1.54) is 6.26 Å². The molecule has 0 radical (unpaired) electrons. The molecule has 7 heteroatoms. The summed E-state index contributed by atoms with van der Waals surface area (Å²) in [5.74, 6) is -0.370. The van der Waals surface area contributed by atoms with Gasteiger partial charge in [0.1, 0.15) is 0 Å². The van der Waals surface area contributed by atoms with E-state index in [4.69, 9.17) is 4.42 Å². The fourth-order valence-corrected chi connectivity index (χ4v) is 2.80. The summed E-state index contributed by atoms with van der Waals surface area (Å²) in [5, 5.41) is 9.92.